The number of fused-ring (bicyclic) bond motifs is 2. The molecule has 7 nitrogen and oxygen atoms in total. The highest BCUT2D eigenvalue weighted by Gasteiger charge is 2.49. The summed E-state index contributed by atoms with van der Waals surface area (Å²) >= 11 is 0. The van der Waals surface area contributed by atoms with Gasteiger partial charge in [-0.25, -0.2) is 4.79 Å². The van der Waals surface area contributed by atoms with Gasteiger partial charge >= 0.3 is 6.03 Å². The van der Waals surface area contributed by atoms with Crippen LogP contribution < -0.4 is 15.4 Å². The minimum Gasteiger partial charge on any atom is -0.493 e. The SMILES string of the molecule is C=C1c2cc(OCC3CC3)ccc2CN1C[C@@]1(c2ccc(-c3cccc4cccnc34)cc2)NC(=O)NC1=O. The lowest BCUT2D eigenvalue weighted by Gasteiger charge is -2.33. The molecule has 2 aliphatic heterocycles. The topological polar surface area (TPSA) is 83.6 Å². The first-order chi connectivity index (χ1) is 19.0. The number of imide groups is 1. The number of nitrogens with one attached hydrogen (secondary N) is 2. The fourth-order valence-electron chi connectivity index (χ4n) is 5.63. The van der Waals surface area contributed by atoms with E-state index in [2.05, 4.69) is 33.2 Å². The molecule has 0 bridgehead atoms. The molecule has 0 radical (unpaired) electrons. The second-order valence-corrected chi connectivity index (χ2v) is 10.6. The molecule has 0 unspecified atom stereocenters. The van der Waals surface area contributed by atoms with Crippen molar-refractivity contribution in [3.05, 3.63) is 102 Å². The molecule has 3 aliphatic rings. The third kappa shape index (κ3) is 4.11. The minimum atomic E-state index is -1.25. The molecule has 194 valence electrons. The summed E-state index contributed by atoms with van der Waals surface area (Å²) in [5.74, 6) is 1.14. The number of benzene rings is 3. The van der Waals surface area contributed by atoms with Crippen molar-refractivity contribution in [1.82, 2.24) is 20.5 Å². The normalized spacial score (nSPS) is 20.2. The number of hydrogen-bond donors (Lipinski definition) is 2. The molecule has 4 aromatic rings. The van der Waals surface area contributed by atoms with Crippen LogP contribution >= 0.6 is 0 Å². The Hall–Kier alpha value is -4.65. The summed E-state index contributed by atoms with van der Waals surface area (Å²) in [5.41, 5.74) is 5.33. The molecule has 0 spiro atoms. The van der Waals surface area contributed by atoms with Crippen LogP contribution in [0.2, 0.25) is 0 Å². The number of hydrogen-bond acceptors (Lipinski definition) is 5. The van der Waals surface area contributed by atoms with E-state index in [4.69, 9.17) is 4.74 Å². The van der Waals surface area contributed by atoms with E-state index in [9.17, 15) is 9.59 Å². The summed E-state index contributed by atoms with van der Waals surface area (Å²) in [6, 6.07) is 23.4. The first-order valence-electron chi connectivity index (χ1n) is 13.3. The second kappa shape index (κ2) is 8.98. The Bertz CT molecular complexity index is 1640. The summed E-state index contributed by atoms with van der Waals surface area (Å²) in [4.78, 5) is 32.4. The van der Waals surface area contributed by atoms with Crippen molar-refractivity contribution in [2.45, 2.75) is 24.9 Å². The summed E-state index contributed by atoms with van der Waals surface area (Å²) in [6.45, 7) is 5.94. The quantitative estimate of drug-likeness (QED) is 0.330. The highest BCUT2D eigenvalue weighted by Crippen LogP contribution is 2.39. The number of nitrogens with zero attached hydrogens (tertiary/aromatic N) is 2. The van der Waals surface area contributed by atoms with Crippen molar-refractivity contribution in [2.24, 2.45) is 5.92 Å². The number of urea groups is 1. The van der Waals surface area contributed by atoms with Gasteiger partial charge in [-0.15, -0.1) is 0 Å². The van der Waals surface area contributed by atoms with Crippen LogP contribution in [0.5, 0.6) is 5.75 Å². The van der Waals surface area contributed by atoms with E-state index in [1.165, 1.54) is 12.8 Å². The number of carbonyl (C=O) groups is 2. The van der Waals surface area contributed by atoms with Gasteiger partial charge in [0.05, 0.1) is 18.7 Å². The van der Waals surface area contributed by atoms with Gasteiger partial charge in [0.25, 0.3) is 5.91 Å². The summed E-state index contributed by atoms with van der Waals surface area (Å²) in [5, 5.41) is 6.44. The molecule has 2 N–H and O–H groups in total. The first kappa shape index (κ1) is 23.5. The lowest BCUT2D eigenvalue weighted by molar-refractivity contribution is -0.124. The Labute approximate surface area is 226 Å². The van der Waals surface area contributed by atoms with Crippen molar-refractivity contribution in [3.63, 3.8) is 0 Å². The molecule has 1 atom stereocenters. The maximum absolute atomic E-state index is 13.3. The van der Waals surface area contributed by atoms with Crippen molar-refractivity contribution in [2.75, 3.05) is 13.2 Å². The maximum atomic E-state index is 13.3. The van der Waals surface area contributed by atoms with Crippen LogP contribution in [0.25, 0.3) is 27.7 Å². The fraction of sp³-hybridized carbons (Fsp3) is 0.219. The van der Waals surface area contributed by atoms with Crippen molar-refractivity contribution in [3.8, 4) is 16.9 Å². The number of aromatic nitrogens is 1. The van der Waals surface area contributed by atoms with E-state index >= 15 is 0 Å². The zero-order valence-electron chi connectivity index (χ0n) is 21.4. The monoisotopic (exact) mass is 516 g/mol. The highest BCUT2D eigenvalue weighted by atomic mass is 16.5. The van der Waals surface area contributed by atoms with Crippen LogP contribution in [-0.2, 0) is 16.9 Å². The molecule has 2 fully saturated rings. The van der Waals surface area contributed by atoms with Crippen LogP contribution in [-0.4, -0.2) is 35.0 Å². The number of ether oxygens (including phenoxy) is 1. The molecular weight excluding hydrogens is 488 g/mol. The predicted molar refractivity (Wildman–Crippen MR) is 150 cm³/mol. The van der Waals surface area contributed by atoms with Gasteiger partial charge in [-0.3, -0.25) is 15.1 Å². The van der Waals surface area contributed by atoms with Gasteiger partial charge < -0.3 is 15.0 Å². The van der Waals surface area contributed by atoms with Gasteiger partial charge in [0, 0.05) is 35.0 Å². The first-order valence-corrected chi connectivity index (χ1v) is 13.3. The second-order valence-electron chi connectivity index (χ2n) is 10.6. The average Bonchev–Trinajstić information content (AvgIpc) is 3.68. The Morgan fingerprint density at radius 1 is 1.00 bits per heavy atom. The van der Waals surface area contributed by atoms with Gasteiger partial charge in [0.2, 0.25) is 0 Å². The molecule has 3 heterocycles. The Morgan fingerprint density at radius 3 is 2.59 bits per heavy atom. The summed E-state index contributed by atoms with van der Waals surface area (Å²) in [7, 11) is 0. The van der Waals surface area contributed by atoms with Crippen molar-refractivity contribution < 1.29 is 14.3 Å². The molecule has 39 heavy (non-hydrogen) atoms. The summed E-state index contributed by atoms with van der Waals surface area (Å²) < 4.78 is 5.98. The van der Waals surface area contributed by atoms with E-state index in [-0.39, 0.29) is 12.5 Å². The van der Waals surface area contributed by atoms with Crippen LogP contribution in [0.4, 0.5) is 4.79 Å². The molecule has 1 saturated heterocycles. The van der Waals surface area contributed by atoms with Crippen LogP contribution in [0.3, 0.4) is 0 Å². The van der Waals surface area contributed by atoms with Crippen molar-refractivity contribution >= 4 is 28.5 Å². The fourth-order valence-corrected chi connectivity index (χ4v) is 5.63. The lowest BCUT2D eigenvalue weighted by Crippen LogP contribution is -2.51. The Morgan fingerprint density at radius 2 is 1.82 bits per heavy atom. The molecule has 7 rings (SSSR count). The zero-order chi connectivity index (χ0) is 26.6. The molecule has 1 aromatic heterocycles. The smallest absolute Gasteiger partial charge is 0.322 e. The maximum Gasteiger partial charge on any atom is 0.322 e. The third-order valence-electron chi connectivity index (χ3n) is 8.01. The molecular formula is C32H28N4O3. The molecule has 1 aliphatic carbocycles. The molecule has 1 saturated carbocycles. The minimum absolute atomic E-state index is 0.255. The Kier molecular flexibility index (Phi) is 5.40. The van der Waals surface area contributed by atoms with Gasteiger partial charge in [0.15, 0.2) is 5.54 Å². The number of amides is 3. The number of pyridine rings is 1. The largest absolute Gasteiger partial charge is 0.493 e. The lowest BCUT2D eigenvalue weighted by atomic mass is 9.87. The number of carbonyl (C=O) groups excluding carboxylic acids is 2. The third-order valence-corrected chi connectivity index (χ3v) is 8.01. The zero-order valence-corrected chi connectivity index (χ0v) is 21.4. The molecule has 3 amide bonds. The highest BCUT2D eigenvalue weighted by molar-refractivity contribution is 6.08. The number of para-hydroxylation sites is 1. The van der Waals surface area contributed by atoms with E-state index < -0.39 is 11.6 Å². The predicted octanol–water partition coefficient (Wildman–Crippen LogP) is 5.21. The Balaban J connectivity index is 1.18. The van der Waals surface area contributed by atoms with Gasteiger partial charge in [0.1, 0.15) is 5.75 Å². The van der Waals surface area contributed by atoms with E-state index in [0.29, 0.717) is 18.0 Å². The van der Waals surface area contributed by atoms with E-state index in [0.717, 1.165) is 51.2 Å². The number of rotatable bonds is 7. The molecule has 3 aromatic carbocycles. The van der Waals surface area contributed by atoms with Gasteiger partial charge in [-0.1, -0.05) is 61.2 Å². The average molecular weight is 517 g/mol. The van der Waals surface area contributed by atoms with Gasteiger partial charge in [-0.2, -0.15) is 0 Å². The van der Waals surface area contributed by atoms with Crippen LogP contribution in [0.15, 0.2) is 85.6 Å². The van der Waals surface area contributed by atoms with Crippen LogP contribution in [0.1, 0.15) is 29.5 Å². The van der Waals surface area contributed by atoms with Crippen molar-refractivity contribution in [1.29, 1.82) is 0 Å². The van der Waals surface area contributed by atoms with Crippen LogP contribution in [0, 0.1) is 5.92 Å². The molecule has 7 heteroatoms. The van der Waals surface area contributed by atoms with E-state index in [1.54, 1.807) is 6.20 Å². The van der Waals surface area contributed by atoms with E-state index in [1.807, 2.05) is 66.7 Å². The van der Waals surface area contributed by atoms with Gasteiger partial charge in [-0.05, 0) is 53.6 Å². The standard InChI is InChI=1S/C32H28N4O3/c1-20-28-16-26(39-18-21-7-8-21)14-11-24(28)17-36(20)19-32(30(37)34-31(38)35-32)25-12-9-22(10-13-25)27-6-2-4-23-5-3-15-33-29(23)27/h2-6,9-16,21H,1,7-8,17-19H2,(H2,34,35,37,38)/t32-/m0/s1. The summed E-state index contributed by atoms with van der Waals surface area (Å²) in [6.07, 6.45) is 4.26.